The third-order valence-corrected chi connectivity index (χ3v) is 4.56. The van der Waals surface area contributed by atoms with Crippen molar-refractivity contribution in [2.24, 2.45) is 17.6 Å². The molecule has 0 bridgehead atoms. The van der Waals surface area contributed by atoms with Gasteiger partial charge in [0, 0.05) is 13.1 Å². The van der Waals surface area contributed by atoms with E-state index in [1.165, 1.54) is 12.8 Å². The summed E-state index contributed by atoms with van der Waals surface area (Å²) in [5.41, 5.74) is 5.64. The van der Waals surface area contributed by atoms with Gasteiger partial charge in [0.2, 0.25) is 0 Å². The molecule has 0 radical (unpaired) electrons. The quantitative estimate of drug-likeness (QED) is 0.626. The predicted molar refractivity (Wildman–Crippen MR) is 82.5 cm³/mol. The number of rotatable bonds is 10. The molecule has 1 aliphatic carbocycles. The first-order valence-electron chi connectivity index (χ1n) is 8.20. The lowest BCUT2D eigenvalue weighted by molar-refractivity contribution is -0.151. The summed E-state index contributed by atoms with van der Waals surface area (Å²) in [5, 5.41) is 0. The Hall–Kier alpha value is -0.610. The zero-order valence-electron chi connectivity index (χ0n) is 13.7. The van der Waals surface area contributed by atoms with Crippen LogP contribution in [0.15, 0.2) is 0 Å². The number of nitrogens with two attached hydrogens (primary N) is 1. The molecule has 0 saturated heterocycles. The number of hydrogen-bond donors (Lipinski definition) is 1. The molecular weight excluding hydrogens is 252 g/mol. The Morgan fingerprint density at radius 1 is 1.30 bits per heavy atom. The van der Waals surface area contributed by atoms with Crippen LogP contribution >= 0.6 is 0 Å². The molecule has 0 aromatic heterocycles. The maximum Gasteiger partial charge on any atom is 0.327 e. The van der Waals surface area contributed by atoms with Crippen LogP contribution in [0.3, 0.4) is 0 Å². The first kappa shape index (κ1) is 17.4. The van der Waals surface area contributed by atoms with Crippen molar-refractivity contribution in [3.05, 3.63) is 0 Å². The summed E-state index contributed by atoms with van der Waals surface area (Å²) >= 11 is 0. The fourth-order valence-corrected chi connectivity index (χ4v) is 2.81. The van der Waals surface area contributed by atoms with Crippen LogP contribution in [0.25, 0.3) is 0 Å². The van der Waals surface area contributed by atoms with Gasteiger partial charge in [-0.2, -0.15) is 0 Å². The number of hydrogen-bond acceptors (Lipinski definition) is 4. The Labute approximate surface area is 124 Å². The third kappa shape index (κ3) is 4.45. The van der Waals surface area contributed by atoms with Gasteiger partial charge in [0.05, 0.1) is 6.61 Å². The van der Waals surface area contributed by atoms with Gasteiger partial charge in [0.15, 0.2) is 0 Å². The second-order valence-electron chi connectivity index (χ2n) is 6.05. The first-order chi connectivity index (χ1) is 9.51. The molecule has 0 amide bonds. The number of ether oxygens (including phenoxy) is 1. The highest BCUT2D eigenvalue weighted by atomic mass is 16.5. The Balaban J connectivity index is 2.69. The largest absolute Gasteiger partial charge is 0.465 e. The summed E-state index contributed by atoms with van der Waals surface area (Å²) in [5.74, 6) is 0.767. The van der Waals surface area contributed by atoms with Crippen LogP contribution in [0.2, 0.25) is 0 Å². The van der Waals surface area contributed by atoms with E-state index in [2.05, 4.69) is 25.7 Å². The van der Waals surface area contributed by atoms with Gasteiger partial charge in [-0.05, 0) is 38.1 Å². The van der Waals surface area contributed by atoms with Crippen LogP contribution < -0.4 is 5.73 Å². The minimum absolute atomic E-state index is 0.217. The van der Waals surface area contributed by atoms with Gasteiger partial charge >= 0.3 is 5.97 Å². The lowest BCUT2D eigenvalue weighted by atomic mass is 9.92. The molecule has 0 aromatic rings. The SMILES string of the molecule is CCOC(=O)C(N)(CN(CC)CC(CC)CC)C1CC1. The molecule has 118 valence electrons. The van der Waals surface area contributed by atoms with Crippen LogP contribution in [-0.4, -0.2) is 42.6 Å². The zero-order chi connectivity index (χ0) is 15.2. The number of carbonyl (C=O) groups is 1. The average Bonchev–Trinajstić information content (AvgIpc) is 3.28. The summed E-state index contributed by atoms with van der Waals surface area (Å²) in [6.45, 7) is 11.4. The second kappa shape index (κ2) is 7.99. The van der Waals surface area contributed by atoms with E-state index < -0.39 is 5.54 Å². The first-order valence-corrected chi connectivity index (χ1v) is 8.20. The van der Waals surface area contributed by atoms with E-state index in [0.29, 0.717) is 25.0 Å². The normalized spacial score (nSPS) is 18.4. The van der Waals surface area contributed by atoms with Crippen LogP contribution in [0.1, 0.15) is 53.4 Å². The molecule has 2 N–H and O–H groups in total. The average molecular weight is 284 g/mol. The van der Waals surface area contributed by atoms with E-state index in [-0.39, 0.29) is 5.97 Å². The molecule has 4 nitrogen and oxygen atoms in total. The molecule has 1 aliphatic rings. The molecule has 0 aromatic carbocycles. The predicted octanol–water partition coefficient (Wildman–Crippen LogP) is 2.42. The molecule has 0 spiro atoms. The van der Waals surface area contributed by atoms with E-state index in [1.54, 1.807) is 0 Å². The number of nitrogens with zero attached hydrogens (tertiary/aromatic N) is 1. The molecule has 1 unspecified atom stereocenters. The van der Waals surface area contributed by atoms with Gasteiger partial charge < -0.3 is 15.4 Å². The Kier molecular flexibility index (Phi) is 6.96. The van der Waals surface area contributed by atoms with Crippen LogP contribution in [0.5, 0.6) is 0 Å². The maximum absolute atomic E-state index is 12.2. The Bertz CT molecular complexity index is 301. The van der Waals surface area contributed by atoms with Crippen molar-refractivity contribution in [2.45, 2.75) is 58.9 Å². The number of esters is 1. The van der Waals surface area contributed by atoms with Gasteiger partial charge in [0.25, 0.3) is 0 Å². The highest BCUT2D eigenvalue weighted by molar-refractivity contribution is 5.82. The fraction of sp³-hybridized carbons (Fsp3) is 0.938. The molecular formula is C16H32N2O2. The molecule has 4 heteroatoms. The summed E-state index contributed by atoms with van der Waals surface area (Å²) in [6.07, 6.45) is 4.45. The zero-order valence-corrected chi connectivity index (χ0v) is 13.7. The van der Waals surface area contributed by atoms with E-state index in [0.717, 1.165) is 25.9 Å². The maximum atomic E-state index is 12.2. The topological polar surface area (TPSA) is 55.6 Å². The Morgan fingerprint density at radius 2 is 1.90 bits per heavy atom. The van der Waals surface area contributed by atoms with E-state index in [4.69, 9.17) is 10.5 Å². The van der Waals surface area contributed by atoms with Crippen molar-refractivity contribution >= 4 is 5.97 Å². The van der Waals surface area contributed by atoms with Gasteiger partial charge in [-0.3, -0.25) is 0 Å². The van der Waals surface area contributed by atoms with Crippen molar-refractivity contribution in [1.29, 1.82) is 0 Å². The summed E-state index contributed by atoms with van der Waals surface area (Å²) in [7, 11) is 0. The monoisotopic (exact) mass is 284 g/mol. The summed E-state index contributed by atoms with van der Waals surface area (Å²) < 4.78 is 5.22. The molecule has 20 heavy (non-hydrogen) atoms. The van der Waals surface area contributed by atoms with Gasteiger partial charge in [-0.1, -0.05) is 33.6 Å². The molecule has 1 rings (SSSR count). The van der Waals surface area contributed by atoms with E-state index in [9.17, 15) is 4.79 Å². The standard InChI is InChI=1S/C16H32N2O2/c1-5-13(6-2)11-18(7-3)12-16(17,14-9-10-14)15(19)20-8-4/h13-14H,5-12,17H2,1-4H3. The molecule has 1 fully saturated rings. The minimum Gasteiger partial charge on any atom is -0.465 e. The van der Waals surface area contributed by atoms with Gasteiger partial charge in [-0.25, -0.2) is 4.79 Å². The summed E-state index contributed by atoms with van der Waals surface area (Å²) in [6, 6.07) is 0. The molecule has 1 atom stereocenters. The second-order valence-corrected chi connectivity index (χ2v) is 6.05. The van der Waals surface area contributed by atoms with E-state index in [1.807, 2.05) is 6.92 Å². The van der Waals surface area contributed by atoms with Crippen molar-refractivity contribution in [1.82, 2.24) is 4.90 Å². The van der Waals surface area contributed by atoms with Crippen molar-refractivity contribution in [3.63, 3.8) is 0 Å². The fourth-order valence-electron chi connectivity index (χ4n) is 2.81. The third-order valence-electron chi connectivity index (χ3n) is 4.56. The molecule has 0 aliphatic heterocycles. The van der Waals surface area contributed by atoms with Crippen molar-refractivity contribution in [3.8, 4) is 0 Å². The number of carbonyl (C=O) groups excluding carboxylic acids is 1. The number of likely N-dealkylation sites (N-methyl/N-ethyl adjacent to an activating group) is 1. The lowest BCUT2D eigenvalue weighted by Crippen LogP contribution is -2.59. The highest BCUT2D eigenvalue weighted by Crippen LogP contribution is 2.39. The highest BCUT2D eigenvalue weighted by Gasteiger charge is 2.49. The van der Waals surface area contributed by atoms with Crippen molar-refractivity contribution < 1.29 is 9.53 Å². The minimum atomic E-state index is -0.807. The van der Waals surface area contributed by atoms with Gasteiger partial charge in [0.1, 0.15) is 5.54 Å². The van der Waals surface area contributed by atoms with Crippen LogP contribution in [0.4, 0.5) is 0 Å². The smallest absolute Gasteiger partial charge is 0.327 e. The lowest BCUT2D eigenvalue weighted by Gasteiger charge is -2.34. The summed E-state index contributed by atoms with van der Waals surface area (Å²) in [4.78, 5) is 14.6. The van der Waals surface area contributed by atoms with Crippen LogP contribution in [0, 0.1) is 11.8 Å². The molecule has 0 heterocycles. The van der Waals surface area contributed by atoms with Gasteiger partial charge in [-0.15, -0.1) is 0 Å². The van der Waals surface area contributed by atoms with E-state index >= 15 is 0 Å². The van der Waals surface area contributed by atoms with Crippen molar-refractivity contribution in [2.75, 3.05) is 26.2 Å². The Morgan fingerprint density at radius 3 is 2.30 bits per heavy atom. The molecule has 1 saturated carbocycles. The van der Waals surface area contributed by atoms with Crippen LogP contribution in [-0.2, 0) is 9.53 Å².